The van der Waals surface area contributed by atoms with Gasteiger partial charge in [-0.05, 0) is 39.1 Å². The monoisotopic (exact) mass is 324 g/mol. The number of carboxylic acids is 1. The number of benzene rings is 2. The first kappa shape index (κ1) is 15.5. The molecule has 4 heteroatoms. The highest BCUT2D eigenvalue weighted by Gasteiger charge is 2.20. The maximum absolute atomic E-state index is 11.5. The molecule has 0 aliphatic heterocycles. The number of hydrogen-bond acceptors (Lipinski definition) is 3. The first-order chi connectivity index (χ1) is 11.3. The van der Waals surface area contributed by atoms with E-state index in [1.54, 1.807) is 23.5 Å². The second-order valence-corrected chi connectivity index (χ2v) is 5.89. The van der Waals surface area contributed by atoms with Gasteiger partial charge in [0, 0.05) is 0 Å². The summed E-state index contributed by atoms with van der Waals surface area (Å²) in [5.74, 6) is -0.982. The second-order valence-electron chi connectivity index (χ2n) is 5.11. The SMILES string of the molecule is O=C(O)C(OCc1ccccc1-c1ccsc1)c1ccccc1. The molecule has 0 bridgehead atoms. The molecule has 3 aromatic rings. The molecule has 1 heterocycles. The van der Waals surface area contributed by atoms with Gasteiger partial charge in [0.25, 0.3) is 0 Å². The highest BCUT2D eigenvalue weighted by atomic mass is 32.1. The maximum Gasteiger partial charge on any atom is 0.337 e. The van der Waals surface area contributed by atoms with Crippen molar-refractivity contribution in [2.24, 2.45) is 0 Å². The molecule has 0 saturated heterocycles. The van der Waals surface area contributed by atoms with Gasteiger partial charge in [0.05, 0.1) is 6.61 Å². The minimum Gasteiger partial charge on any atom is -0.479 e. The number of hydrogen-bond donors (Lipinski definition) is 1. The van der Waals surface area contributed by atoms with E-state index < -0.39 is 12.1 Å². The van der Waals surface area contributed by atoms with Gasteiger partial charge in [-0.25, -0.2) is 4.79 Å². The van der Waals surface area contributed by atoms with Crippen molar-refractivity contribution in [2.45, 2.75) is 12.7 Å². The van der Waals surface area contributed by atoms with Crippen LogP contribution in [0.2, 0.25) is 0 Å². The molecule has 1 unspecified atom stereocenters. The van der Waals surface area contributed by atoms with Crippen molar-refractivity contribution in [2.75, 3.05) is 0 Å². The van der Waals surface area contributed by atoms with E-state index in [1.165, 1.54) is 0 Å². The van der Waals surface area contributed by atoms with Crippen molar-refractivity contribution < 1.29 is 14.6 Å². The van der Waals surface area contributed by atoms with E-state index in [9.17, 15) is 9.90 Å². The summed E-state index contributed by atoms with van der Waals surface area (Å²) in [6, 6.07) is 19.0. The summed E-state index contributed by atoms with van der Waals surface area (Å²) in [6.07, 6.45) is -0.966. The Balaban J connectivity index is 1.81. The molecule has 23 heavy (non-hydrogen) atoms. The fourth-order valence-electron chi connectivity index (χ4n) is 2.46. The topological polar surface area (TPSA) is 46.5 Å². The quantitative estimate of drug-likeness (QED) is 0.711. The lowest BCUT2D eigenvalue weighted by atomic mass is 10.0. The van der Waals surface area contributed by atoms with Crippen LogP contribution in [0.25, 0.3) is 11.1 Å². The summed E-state index contributed by atoms with van der Waals surface area (Å²) in [7, 11) is 0. The predicted molar refractivity (Wildman–Crippen MR) is 91.4 cm³/mol. The molecule has 1 N–H and O–H groups in total. The van der Waals surface area contributed by atoms with Gasteiger partial charge in [-0.3, -0.25) is 0 Å². The average Bonchev–Trinajstić information content (AvgIpc) is 3.10. The molecule has 0 aliphatic carbocycles. The van der Waals surface area contributed by atoms with Crippen LogP contribution in [0.4, 0.5) is 0 Å². The molecule has 1 atom stereocenters. The van der Waals surface area contributed by atoms with Crippen LogP contribution in [0.1, 0.15) is 17.2 Å². The van der Waals surface area contributed by atoms with Crippen molar-refractivity contribution in [1.29, 1.82) is 0 Å². The van der Waals surface area contributed by atoms with Gasteiger partial charge in [-0.1, -0.05) is 54.6 Å². The van der Waals surface area contributed by atoms with E-state index in [0.29, 0.717) is 5.56 Å². The summed E-state index contributed by atoms with van der Waals surface area (Å²) in [5.41, 5.74) is 3.83. The zero-order chi connectivity index (χ0) is 16.1. The van der Waals surface area contributed by atoms with E-state index in [1.807, 2.05) is 47.8 Å². The molecule has 116 valence electrons. The number of carbonyl (C=O) groups is 1. The smallest absolute Gasteiger partial charge is 0.337 e. The maximum atomic E-state index is 11.5. The van der Waals surface area contributed by atoms with Crippen molar-refractivity contribution in [1.82, 2.24) is 0 Å². The molecule has 3 rings (SSSR count). The third kappa shape index (κ3) is 3.67. The number of carboxylic acid groups (broad SMARTS) is 1. The van der Waals surface area contributed by atoms with E-state index in [2.05, 4.69) is 11.4 Å². The molecule has 0 fully saturated rings. The largest absolute Gasteiger partial charge is 0.479 e. The van der Waals surface area contributed by atoms with Crippen molar-refractivity contribution in [3.05, 3.63) is 82.6 Å². The van der Waals surface area contributed by atoms with Crippen LogP contribution < -0.4 is 0 Å². The Morgan fingerprint density at radius 3 is 2.48 bits per heavy atom. The van der Waals surface area contributed by atoms with E-state index in [4.69, 9.17) is 4.74 Å². The van der Waals surface area contributed by atoms with Gasteiger partial charge in [0.15, 0.2) is 6.10 Å². The molecule has 0 amide bonds. The Hall–Kier alpha value is -2.43. The molecule has 0 saturated carbocycles. The fourth-order valence-corrected chi connectivity index (χ4v) is 3.11. The van der Waals surface area contributed by atoms with Crippen LogP contribution in [-0.4, -0.2) is 11.1 Å². The van der Waals surface area contributed by atoms with Crippen molar-refractivity contribution in [3.8, 4) is 11.1 Å². The van der Waals surface area contributed by atoms with Crippen molar-refractivity contribution >= 4 is 17.3 Å². The third-order valence-corrected chi connectivity index (χ3v) is 4.26. The van der Waals surface area contributed by atoms with Gasteiger partial charge in [0.1, 0.15) is 0 Å². The summed E-state index contributed by atoms with van der Waals surface area (Å²) in [6.45, 7) is 0.248. The van der Waals surface area contributed by atoms with Gasteiger partial charge in [-0.15, -0.1) is 0 Å². The second kappa shape index (κ2) is 7.22. The molecule has 1 aromatic heterocycles. The fraction of sp³-hybridized carbons (Fsp3) is 0.105. The molecular formula is C19H16O3S. The molecule has 0 aliphatic rings. The first-order valence-corrected chi connectivity index (χ1v) is 8.20. The van der Waals surface area contributed by atoms with Gasteiger partial charge < -0.3 is 9.84 Å². The number of rotatable bonds is 6. The van der Waals surface area contributed by atoms with Crippen LogP contribution in [0.15, 0.2) is 71.4 Å². The zero-order valence-electron chi connectivity index (χ0n) is 12.4. The Morgan fingerprint density at radius 1 is 1.04 bits per heavy atom. The summed E-state index contributed by atoms with van der Waals surface area (Å²) in [4.78, 5) is 11.5. The Labute approximate surface area is 138 Å². The molecule has 2 aromatic carbocycles. The summed E-state index contributed by atoms with van der Waals surface area (Å²) in [5, 5.41) is 13.5. The minimum absolute atomic E-state index is 0.248. The highest BCUT2D eigenvalue weighted by molar-refractivity contribution is 7.08. The Bertz CT molecular complexity index is 766. The first-order valence-electron chi connectivity index (χ1n) is 7.25. The van der Waals surface area contributed by atoms with Crippen LogP contribution in [0.3, 0.4) is 0 Å². The lowest BCUT2D eigenvalue weighted by Crippen LogP contribution is -2.15. The zero-order valence-corrected chi connectivity index (χ0v) is 13.2. The normalized spacial score (nSPS) is 12.0. The summed E-state index contributed by atoms with van der Waals surface area (Å²) < 4.78 is 5.72. The lowest BCUT2D eigenvalue weighted by Gasteiger charge is -2.15. The number of ether oxygens (including phenoxy) is 1. The van der Waals surface area contributed by atoms with Gasteiger partial charge >= 0.3 is 5.97 Å². The Morgan fingerprint density at radius 2 is 1.78 bits per heavy atom. The minimum atomic E-state index is -0.982. The third-order valence-electron chi connectivity index (χ3n) is 3.58. The van der Waals surface area contributed by atoms with Gasteiger partial charge in [-0.2, -0.15) is 11.3 Å². The van der Waals surface area contributed by atoms with Crippen molar-refractivity contribution in [3.63, 3.8) is 0 Å². The number of aliphatic carboxylic acids is 1. The van der Waals surface area contributed by atoms with Crippen LogP contribution >= 0.6 is 11.3 Å². The standard InChI is InChI=1S/C19H16O3S/c20-19(21)18(14-6-2-1-3-7-14)22-12-15-8-4-5-9-17(15)16-10-11-23-13-16/h1-11,13,18H,12H2,(H,20,21). The summed E-state index contributed by atoms with van der Waals surface area (Å²) >= 11 is 1.63. The molecular weight excluding hydrogens is 308 g/mol. The van der Waals surface area contributed by atoms with E-state index in [-0.39, 0.29) is 6.61 Å². The van der Waals surface area contributed by atoms with Crippen LogP contribution in [-0.2, 0) is 16.1 Å². The van der Waals surface area contributed by atoms with E-state index >= 15 is 0 Å². The number of thiophene rings is 1. The van der Waals surface area contributed by atoms with Crippen LogP contribution in [0, 0.1) is 0 Å². The van der Waals surface area contributed by atoms with Gasteiger partial charge in [0.2, 0.25) is 0 Å². The molecule has 0 spiro atoms. The molecule has 3 nitrogen and oxygen atoms in total. The Kier molecular flexibility index (Phi) is 4.86. The van der Waals surface area contributed by atoms with E-state index in [0.717, 1.165) is 16.7 Å². The van der Waals surface area contributed by atoms with Crippen LogP contribution in [0.5, 0.6) is 0 Å². The predicted octanol–water partition coefficient (Wildman–Crippen LogP) is 4.76. The average molecular weight is 324 g/mol. The molecule has 0 radical (unpaired) electrons. The lowest BCUT2D eigenvalue weighted by molar-refractivity contribution is -0.151. The highest BCUT2D eigenvalue weighted by Crippen LogP contribution is 2.28.